The molecule has 2 rings (SSSR count). The molecule has 0 spiro atoms. The summed E-state index contributed by atoms with van der Waals surface area (Å²) in [5.41, 5.74) is 2.73. The van der Waals surface area contributed by atoms with Gasteiger partial charge in [-0.2, -0.15) is 0 Å². The highest BCUT2D eigenvalue weighted by molar-refractivity contribution is 6.39. The molecule has 0 atom stereocenters. The second-order valence-electron chi connectivity index (χ2n) is 5.77. The van der Waals surface area contributed by atoms with E-state index in [-0.39, 0.29) is 0 Å². The quantitative estimate of drug-likeness (QED) is 0.629. The van der Waals surface area contributed by atoms with Gasteiger partial charge in [-0.25, -0.2) is 0 Å². The van der Waals surface area contributed by atoms with E-state index in [4.69, 9.17) is 4.74 Å². The van der Waals surface area contributed by atoms with Crippen molar-refractivity contribution in [2.75, 3.05) is 44.7 Å². The average Bonchev–Trinajstić information content (AvgIpc) is 2.56. The SMILES string of the molecule is Cc1cccc(NC(=O)C(=O)NCCCN2CCOCC2)c1C. The molecule has 0 saturated carbocycles. The number of aryl methyl sites for hydroxylation is 1. The number of anilines is 1. The van der Waals surface area contributed by atoms with Crippen molar-refractivity contribution < 1.29 is 14.3 Å². The van der Waals surface area contributed by atoms with Crippen LogP contribution in [0.3, 0.4) is 0 Å². The molecule has 1 fully saturated rings. The van der Waals surface area contributed by atoms with E-state index in [1.807, 2.05) is 26.0 Å². The second-order valence-corrected chi connectivity index (χ2v) is 5.77. The molecule has 2 N–H and O–H groups in total. The molecule has 1 aliphatic heterocycles. The Balaban J connectivity index is 1.70. The van der Waals surface area contributed by atoms with E-state index >= 15 is 0 Å². The Kier molecular flexibility index (Phi) is 6.55. The van der Waals surface area contributed by atoms with E-state index in [1.165, 1.54) is 0 Å². The zero-order valence-corrected chi connectivity index (χ0v) is 13.9. The molecule has 0 radical (unpaired) electrons. The zero-order chi connectivity index (χ0) is 16.7. The van der Waals surface area contributed by atoms with Crippen molar-refractivity contribution in [3.63, 3.8) is 0 Å². The number of carbonyl (C=O) groups excluding carboxylic acids is 2. The van der Waals surface area contributed by atoms with Crippen LogP contribution in [0.25, 0.3) is 0 Å². The molecule has 0 unspecified atom stereocenters. The van der Waals surface area contributed by atoms with Crippen molar-refractivity contribution in [1.82, 2.24) is 10.2 Å². The third kappa shape index (κ3) is 5.33. The van der Waals surface area contributed by atoms with Gasteiger partial charge >= 0.3 is 11.8 Å². The van der Waals surface area contributed by atoms with Crippen LogP contribution in [0.1, 0.15) is 17.5 Å². The number of amides is 2. The van der Waals surface area contributed by atoms with Crippen LogP contribution >= 0.6 is 0 Å². The number of ether oxygens (including phenoxy) is 1. The van der Waals surface area contributed by atoms with Gasteiger partial charge < -0.3 is 15.4 Å². The summed E-state index contributed by atoms with van der Waals surface area (Å²) in [6.45, 7) is 8.69. The van der Waals surface area contributed by atoms with E-state index in [1.54, 1.807) is 6.07 Å². The Bertz CT molecular complexity index is 554. The van der Waals surface area contributed by atoms with Crippen LogP contribution in [-0.4, -0.2) is 56.1 Å². The number of hydrogen-bond donors (Lipinski definition) is 2. The number of nitrogens with one attached hydrogen (secondary N) is 2. The van der Waals surface area contributed by atoms with Crippen LogP contribution in [0, 0.1) is 13.8 Å². The first-order valence-electron chi connectivity index (χ1n) is 8.03. The highest BCUT2D eigenvalue weighted by atomic mass is 16.5. The lowest BCUT2D eigenvalue weighted by molar-refractivity contribution is -0.136. The number of morpholine rings is 1. The zero-order valence-electron chi connectivity index (χ0n) is 13.9. The number of hydrogen-bond acceptors (Lipinski definition) is 4. The molecule has 2 amide bonds. The predicted octanol–water partition coefficient (Wildman–Crippen LogP) is 1.08. The summed E-state index contributed by atoms with van der Waals surface area (Å²) >= 11 is 0. The molecule has 1 aromatic carbocycles. The first-order valence-corrected chi connectivity index (χ1v) is 8.03. The monoisotopic (exact) mass is 319 g/mol. The second kappa shape index (κ2) is 8.64. The highest BCUT2D eigenvalue weighted by Crippen LogP contribution is 2.17. The largest absolute Gasteiger partial charge is 0.379 e. The Morgan fingerprint density at radius 2 is 1.91 bits per heavy atom. The molecular formula is C17H25N3O3. The van der Waals surface area contributed by atoms with E-state index < -0.39 is 11.8 Å². The highest BCUT2D eigenvalue weighted by Gasteiger charge is 2.15. The minimum Gasteiger partial charge on any atom is -0.379 e. The molecule has 0 aliphatic carbocycles. The lowest BCUT2D eigenvalue weighted by Crippen LogP contribution is -2.39. The summed E-state index contributed by atoms with van der Waals surface area (Å²) in [7, 11) is 0. The maximum atomic E-state index is 11.9. The Labute approximate surface area is 137 Å². The maximum Gasteiger partial charge on any atom is 0.313 e. The number of nitrogens with zero attached hydrogens (tertiary/aromatic N) is 1. The average molecular weight is 319 g/mol. The van der Waals surface area contributed by atoms with Gasteiger partial charge in [-0.15, -0.1) is 0 Å². The molecule has 0 bridgehead atoms. The minimum absolute atomic E-state index is 0.496. The molecule has 23 heavy (non-hydrogen) atoms. The van der Waals surface area contributed by atoms with E-state index in [2.05, 4.69) is 15.5 Å². The fourth-order valence-corrected chi connectivity index (χ4v) is 2.48. The standard InChI is InChI=1S/C17H25N3O3/c1-13-5-3-6-15(14(13)2)19-17(22)16(21)18-7-4-8-20-9-11-23-12-10-20/h3,5-6H,4,7-12H2,1-2H3,(H,18,21)(H,19,22). The lowest BCUT2D eigenvalue weighted by atomic mass is 10.1. The van der Waals surface area contributed by atoms with Gasteiger partial charge in [0.2, 0.25) is 0 Å². The molecule has 126 valence electrons. The maximum absolute atomic E-state index is 11.9. The van der Waals surface area contributed by atoms with Crippen LogP contribution in [0.15, 0.2) is 18.2 Å². The summed E-state index contributed by atoms with van der Waals surface area (Å²) in [5.74, 6) is -1.21. The van der Waals surface area contributed by atoms with Crippen molar-refractivity contribution in [3.05, 3.63) is 29.3 Å². The third-order valence-corrected chi connectivity index (χ3v) is 4.10. The van der Waals surface area contributed by atoms with Crippen molar-refractivity contribution in [2.45, 2.75) is 20.3 Å². The molecular weight excluding hydrogens is 294 g/mol. The molecule has 1 heterocycles. The van der Waals surface area contributed by atoms with Gasteiger partial charge in [-0.3, -0.25) is 14.5 Å². The predicted molar refractivity (Wildman–Crippen MR) is 89.4 cm³/mol. The molecule has 1 saturated heterocycles. The van der Waals surface area contributed by atoms with E-state index in [0.29, 0.717) is 12.2 Å². The number of carbonyl (C=O) groups is 2. The first kappa shape index (κ1) is 17.4. The van der Waals surface area contributed by atoms with Crippen LogP contribution in [-0.2, 0) is 14.3 Å². The minimum atomic E-state index is -0.620. The lowest BCUT2D eigenvalue weighted by Gasteiger charge is -2.26. The molecule has 6 heteroatoms. The van der Waals surface area contributed by atoms with E-state index in [9.17, 15) is 9.59 Å². The normalized spacial score (nSPS) is 15.2. The van der Waals surface area contributed by atoms with Gasteiger partial charge in [0.1, 0.15) is 0 Å². The summed E-state index contributed by atoms with van der Waals surface area (Å²) in [5, 5.41) is 5.33. The Morgan fingerprint density at radius 1 is 1.17 bits per heavy atom. The molecule has 0 aromatic heterocycles. The first-order chi connectivity index (χ1) is 11.1. The van der Waals surface area contributed by atoms with Gasteiger partial charge in [-0.05, 0) is 44.0 Å². The van der Waals surface area contributed by atoms with Crippen molar-refractivity contribution in [1.29, 1.82) is 0 Å². The van der Waals surface area contributed by atoms with Gasteiger partial charge in [0.05, 0.1) is 13.2 Å². The molecule has 1 aliphatic rings. The van der Waals surface area contributed by atoms with Crippen LogP contribution in [0.4, 0.5) is 5.69 Å². The van der Waals surface area contributed by atoms with Crippen molar-refractivity contribution >= 4 is 17.5 Å². The molecule has 1 aromatic rings. The fourth-order valence-electron chi connectivity index (χ4n) is 2.48. The summed E-state index contributed by atoms with van der Waals surface area (Å²) in [6.07, 6.45) is 0.822. The number of benzene rings is 1. The van der Waals surface area contributed by atoms with Crippen LogP contribution in [0.2, 0.25) is 0 Å². The van der Waals surface area contributed by atoms with Gasteiger partial charge in [0, 0.05) is 25.3 Å². The van der Waals surface area contributed by atoms with Crippen LogP contribution in [0.5, 0.6) is 0 Å². The summed E-state index contributed by atoms with van der Waals surface area (Å²) in [6, 6.07) is 5.63. The van der Waals surface area contributed by atoms with Crippen molar-refractivity contribution in [2.24, 2.45) is 0 Å². The third-order valence-electron chi connectivity index (χ3n) is 4.10. The van der Waals surface area contributed by atoms with Gasteiger partial charge in [0.15, 0.2) is 0 Å². The smallest absolute Gasteiger partial charge is 0.313 e. The van der Waals surface area contributed by atoms with Crippen molar-refractivity contribution in [3.8, 4) is 0 Å². The Hall–Kier alpha value is -1.92. The summed E-state index contributed by atoms with van der Waals surface area (Å²) in [4.78, 5) is 26.1. The van der Waals surface area contributed by atoms with Gasteiger partial charge in [0.25, 0.3) is 0 Å². The topological polar surface area (TPSA) is 70.7 Å². The van der Waals surface area contributed by atoms with Gasteiger partial charge in [-0.1, -0.05) is 12.1 Å². The van der Waals surface area contributed by atoms with Crippen LogP contribution < -0.4 is 10.6 Å². The molecule has 6 nitrogen and oxygen atoms in total. The fraction of sp³-hybridized carbons (Fsp3) is 0.529. The number of rotatable bonds is 5. The Morgan fingerprint density at radius 3 is 2.65 bits per heavy atom. The summed E-state index contributed by atoms with van der Waals surface area (Å²) < 4.78 is 5.29. The van der Waals surface area contributed by atoms with E-state index in [0.717, 1.165) is 50.4 Å².